The molecule has 24 heavy (non-hydrogen) atoms. The van der Waals surface area contributed by atoms with E-state index in [1.54, 1.807) is 11.1 Å². The molecular weight excluding hydrogens is 326 g/mol. The Morgan fingerprint density at radius 3 is 2.62 bits per heavy atom. The van der Waals surface area contributed by atoms with Crippen molar-refractivity contribution in [2.45, 2.75) is 5.92 Å². The van der Waals surface area contributed by atoms with Crippen LogP contribution in [-0.2, 0) is 4.74 Å². The first kappa shape index (κ1) is 16.7. The second-order valence-electron chi connectivity index (χ2n) is 5.64. The van der Waals surface area contributed by atoms with Gasteiger partial charge in [-0.05, 0) is 29.8 Å². The fourth-order valence-electron chi connectivity index (χ4n) is 2.74. The highest BCUT2D eigenvalue weighted by molar-refractivity contribution is 6.30. The predicted molar refractivity (Wildman–Crippen MR) is 93.3 cm³/mol. The maximum Gasteiger partial charge on any atom is 0.317 e. The van der Waals surface area contributed by atoms with E-state index in [2.05, 4.69) is 10.3 Å². The number of halogens is 1. The number of hydrogen-bond acceptors (Lipinski definition) is 3. The predicted octanol–water partition coefficient (Wildman–Crippen LogP) is 2.91. The summed E-state index contributed by atoms with van der Waals surface area (Å²) in [6.45, 7) is 2.92. The molecule has 0 aliphatic carbocycles. The van der Waals surface area contributed by atoms with Gasteiger partial charge in [-0.1, -0.05) is 29.8 Å². The Hall–Kier alpha value is -2.11. The van der Waals surface area contributed by atoms with Gasteiger partial charge in [0.1, 0.15) is 0 Å². The normalized spacial score (nSPS) is 15.8. The van der Waals surface area contributed by atoms with Crippen LogP contribution in [0.25, 0.3) is 0 Å². The van der Waals surface area contributed by atoms with Crippen molar-refractivity contribution < 1.29 is 9.53 Å². The lowest BCUT2D eigenvalue weighted by Crippen LogP contribution is -2.47. The lowest BCUT2D eigenvalue weighted by molar-refractivity contribution is 0.0532. The summed E-state index contributed by atoms with van der Waals surface area (Å²) in [6, 6.07) is 13.4. The third-order valence-corrected chi connectivity index (χ3v) is 4.32. The number of morpholine rings is 1. The summed E-state index contributed by atoms with van der Waals surface area (Å²) >= 11 is 5.99. The van der Waals surface area contributed by atoms with Crippen molar-refractivity contribution >= 4 is 17.6 Å². The minimum Gasteiger partial charge on any atom is -0.378 e. The molecule has 2 amide bonds. The van der Waals surface area contributed by atoms with Gasteiger partial charge in [0.15, 0.2) is 0 Å². The van der Waals surface area contributed by atoms with Crippen LogP contribution in [0.2, 0.25) is 5.02 Å². The van der Waals surface area contributed by atoms with Crippen LogP contribution >= 0.6 is 11.6 Å². The maximum atomic E-state index is 12.3. The van der Waals surface area contributed by atoms with Crippen LogP contribution < -0.4 is 5.32 Å². The fourth-order valence-corrected chi connectivity index (χ4v) is 2.86. The first-order chi connectivity index (χ1) is 11.7. The number of urea groups is 1. The molecule has 1 aliphatic heterocycles. The number of amides is 2. The molecule has 1 aromatic heterocycles. The Kier molecular flexibility index (Phi) is 5.67. The minimum atomic E-state index is -0.0619. The van der Waals surface area contributed by atoms with Gasteiger partial charge in [-0.25, -0.2) is 4.79 Å². The third kappa shape index (κ3) is 4.24. The third-order valence-electron chi connectivity index (χ3n) is 4.07. The van der Waals surface area contributed by atoms with Crippen LogP contribution in [0.4, 0.5) is 4.79 Å². The van der Waals surface area contributed by atoms with Gasteiger partial charge in [0.25, 0.3) is 0 Å². The molecule has 3 rings (SSSR count). The van der Waals surface area contributed by atoms with Gasteiger partial charge in [0, 0.05) is 42.5 Å². The smallest absolute Gasteiger partial charge is 0.317 e. The molecule has 0 radical (unpaired) electrons. The van der Waals surface area contributed by atoms with Gasteiger partial charge >= 0.3 is 6.03 Å². The largest absolute Gasteiger partial charge is 0.378 e. The van der Waals surface area contributed by atoms with Crippen molar-refractivity contribution in [1.82, 2.24) is 15.2 Å². The number of ether oxygens (including phenoxy) is 1. The van der Waals surface area contributed by atoms with E-state index >= 15 is 0 Å². The van der Waals surface area contributed by atoms with Crippen molar-refractivity contribution in [2.24, 2.45) is 0 Å². The van der Waals surface area contributed by atoms with Crippen LogP contribution in [0.5, 0.6) is 0 Å². The summed E-state index contributed by atoms with van der Waals surface area (Å²) < 4.78 is 5.28. The molecule has 1 aliphatic rings. The molecule has 126 valence electrons. The van der Waals surface area contributed by atoms with Gasteiger partial charge < -0.3 is 15.0 Å². The van der Waals surface area contributed by atoms with E-state index in [4.69, 9.17) is 16.3 Å². The monoisotopic (exact) mass is 345 g/mol. The molecular formula is C18H20ClN3O2. The first-order valence-electron chi connectivity index (χ1n) is 8.01. The second kappa shape index (κ2) is 8.13. The van der Waals surface area contributed by atoms with E-state index in [1.165, 1.54) is 0 Å². The summed E-state index contributed by atoms with van der Waals surface area (Å²) in [7, 11) is 0. The van der Waals surface area contributed by atoms with Gasteiger partial charge in [-0.2, -0.15) is 0 Å². The summed E-state index contributed by atoms with van der Waals surface area (Å²) in [5.41, 5.74) is 1.99. The number of nitrogens with one attached hydrogen (secondary N) is 1. The van der Waals surface area contributed by atoms with Crippen molar-refractivity contribution in [1.29, 1.82) is 0 Å². The van der Waals surface area contributed by atoms with Gasteiger partial charge in [-0.15, -0.1) is 0 Å². The number of pyridine rings is 1. The standard InChI is InChI=1S/C18H20ClN3O2/c19-15-6-4-14(5-7-15)16(17-3-1-2-8-20-17)13-21-18(23)22-9-11-24-12-10-22/h1-8,16H,9-13H2,(H,21,23). The number of nitrogens with zero attached hydrogens (tertiary/aromatic N) is 2. The summed E-state index contributed by atoms with van der Waals surface area (Å²) in [5, 5.41) is 3.71. The Bertz CT molecular complexity index is 658. The number of hydrogen-bond donors (Lipinski definition) is 1. The average molecular weight is 346 g/mol. The number of benzene rings is 1. The summed E-state index contributed by atoms with van der Waals surface area (Å²) in [4.78, 5) is 18.6. The van der Waals surface area contributed by atoms with Crippen LogP contribution in [-0.4, -0.2) is 48.8 Å². The SMILES string of the molecule is O=C(NCC(c1ccc(Cl)cc1)c1ccccn1)N1CCOCC1. The molecule has 1 unspecified atom stereocenters. The molecule has 1 saturated heterocycles. The van der Waals surface area contributed by atoms with Crippen LogP contribution in [0, 0.1) is 0 Å². The Labute approximate surface area is 146 Å². The Morgan fingerprint density at radius 2 is 1.96 bits per heavy atom. The number of carbonyl (C=O) groups excluding carboxylic acids is 1. The second-order valence-corrected chi connectivity index (χ2v) is 6.08. The van der Waals surface area contributed by atoms with Crippen molar-refractivity contribution in [3.05, 3.63) is 64.9 Å². The number of carbonyl (C=O) groups is 1. The molecule has 6 heteroatoms. The lowest BCUT2D eigenvalue weighted by Gasteiger charge is -2.28. The summed E-state index contributed by atoms with van der Waals surface area (Å²) in [6.07, 6.45) is 1.77. The van der Waals surface area contributed by atoms with Crippen LogP contribution in [0.15, 0.2) is 48.7 Å². The molecule has 5 nitrogen and oxygen atoms in total. The van der Waals surface area contributed by atoms with Crippen LogP contribution in [0.1, 0.15) is 17.2 Å². The molecule has 2 heterocycles. The minimum absolute atomic E-state index is 0.0199. The van der Waals surface area contributed by atoms with E-state index in [0.717, 1.165) is 11.3 Å². The lowest BCUT2D eigenvalue weighted by atomic mass is 9.95. The quantitative estimate of drug-likeness (QED) is 0.927. The van der Waals surface area contributed by atoms with Crippen LogP contribution in [0.3, 0.4) is 0 Å². The zero-order valence-electron chi connectivity index (χ0n) is 13.3. The average Bonchev–Trinajstić information content (AvgIpc) is 2.65. The number of rotatable bonds is 4. The highest BCUT2D eigenvalue weighted by atomic mass is 35.5. The van der Waals surface area contributed by atoms with Crippen molar-refractivity contribution in [2.75, 3.05) is 32.8 Å². The first-order valence-corrected chi connectivity index (χ1v) is 8.39. The fraction of sp³-hybridized carbons (Fsp3) is 0.333. The van der Waals surface area contributed by atoms with E-state index in [-0.39, 0.29) is 11.9 Å². The summed E-state index contributed by atoms with van der Waals surface area (Å²) in [5.74, 6) is -0.0199. The van der Waals surface area contributed by atoms with Gasteiger partial charge in [-0.3, -0.25) is 4.98 Å². The topological polar surface area (TPSA) is 54.5 Å². The molecule has 0 saturated carbocycles. The van der Waals surface area contributed by atoms with E-state index in [0.29, 0.717) is 37.9 Å². The molecule has 1 N–H and O–H groups in total. The van der Waals surface area contributed by atoms with E-state index in [9.17, 15) is 4.79 Å². The molecule has 0 bridgehead atoms. The molecule has 1 aromatic carbocycles. The van der Waals surface area contributed by atoms with E-state index in [1.807, 2.05) is 42.5 Å². The van der Waals surface area contributed by atoms with Gasteiger partial charge in [0.05, 0.1) is 13.2 Å². The van der Waals surface area contributed by atoms with Gasteiger partial charge in [0.2, 0.25) is 0 Å². The highest BCUT2D eigenvalue weighted by Gasteiger charge is 2.20. The van der Waals surface area contributed by atoms with Crippen molar-refractivity contribution in [3.63, 3.8) is 0 Å². The Balaban J connectivity index is 1.72. The zero-order chi connectivity index (χ0) is 16.8. The molecule has 1 fully saturated rings. The highest BCUT2D eigenvalue weighted by Crippen LogP contribution is 2.24. The van der Waals surface area contributed by atoms with Crippen molar-refractivity contribution in [3.8, 4) is 0 Å². The molecule has 2 aromatic rings. The van der Waals surface area contributed by atoms with E-state index < -0.39 is 0 Å². The zero-order valence-corrected chi connectivity index (χ0v) is 14.1. The number of aromatic nitrogens is 1. The molecule has 0 spiro atoms. The maximum absolute atomic E-state index is 12.3. The Morgan fingerprint density at radius 1 is 1.21 bits per heavy atom. The molecule has 1 atom stereocenters.